The number of hydrogen-bond acceptors (Lipinski definition) is 4. The molecule has 0 amide bonds. The zero-order valence-electron chi connectivity index (χ0n) is 24.2. The Morgan fingerprint density at radius 3 is 1.91 bits per heavy atom. The molecule has 0 aliphatic carbocycles. The summed E-state index contributed by atoms with van der Waals surface area (Å²) < 4.78 is 0. The van der Waals surface area contributed by atoms with E-state index in [9.17, 15) is 0 Å². The summed E-state index contributed by atoms with van der Waals surface area (Å²) in [6, 6.07) is 52.3. The van der Waals surface area contributed by atoms with Crippen molar-refractivity contribution in [2.45, 2.75) is 0 Å². The number of hydrogen-bond donors (Lipinski definition) is 0. The molecule has 210 valence electrons. The third kappa shape index (κ3) is 4.41. The van der Waals surface area contributed by atoms with Gasteiger partial charge in [-0.05, 0) is 63.3 Å². The number of rotatable bonds is 4. The molecule has 0 unspecified atom stereocenters. The lowest BCUT2D eigenvalue weighted by Gasteiger charge is -2.11. The Bertz CT molecular complexity index is 2540. The van der Waals surface area contributed by atoms with Gasteiger partial charge in [0, 0.05) is 22.1 Å². The topological polar surface area (TPSA) is 56.5 Å². The van der Waals surface area contributed by atoms with Crippen LogP contribution in [-0.4, -0.2) is 25.0 Å². The Labute approximate surface area is 259 Å². The first-order valence-electron chi connectivity index (χ1n) is 15.0. The van der Waals surface area contributed by atoms with E-state index in [1.807, 2.05) is 54.6 Å². The largest absolute Gasteiger partial charge is 0.228 e. The fourth-order valence-electron chi connectivity index (χ4n) is 6.16. The van der Waals surface area contributed by atoms with Crippen LogP contribution in [0.5, 0.6) is 0 Å². The first-order chi connectivity index (χ1) is 22.3. The molecule has 7 aromatic carbocycles. The Morgan fingerprint density at radius 1 is 0.422 bits per heavy atom. The van der Waals surface area contributed by atoms with Crippen molar-refractivity contribution in [3.05, 3.63) is 152 Å². The highest BCUT2D eigenvalue weighted by Gasteiger charge is 2.15. The molecule has 0 saturated heterocycles. The van der Waals surface area contributed by atoms with Crippen molar-refractivity contribution in [3.63, 3.8) is 0 Å². The van der Waals surface area contributed by atoms with E-state index < -0.39 is 0 Å². The van der Waals surface area contributed by atoms with E-state index in [-0.39, 0.29) is 0 Å². The zero-order valence-corrected chi connectivity index (χ0v) is 24.2. The van der Waals surface area contributed by atoms with Gasteiger partial charge in [-0.25, -0.2) is 9.97 Å². The van der Waals surface area contributed by atoms with Crippen LogP contribution < -0.4 is 0 Å². The van der Waals surface area contributed by atoms with Crippen LogP contribution >= 0.6 is 0 Å². The highest BCUT2D eigenvalue weighted by atomic mass is 15.5. The summed E-state index contributed by atoms with van der Waals surface area (Å²) >= 11 is 0. The predicted molar refractivity (Wildman–Crippen MR) is 183 cm³/mol. The normalized spacial score (nSPS) is 11.6. The van der Waals surface area contributed by atoms with Crippen LogP contribution in [0.1, 0.15) is 0 Å². The smallest absolute Gasteiger partial charge is 0.160 e. The van der Waals surface area contributed by atoms with Crippen LogP contribution in [0.2, 0.25) is 0 Å². The van der Waals surface area contributed by atoms with Crippen molar-refractivity contribution in [1.82, 2.24) is 25.0 Å². The summed E-state index contributed by atoms with van der Waals surface area (Å²) in [6.45, 7) is 0. The molecule has 0 spiro atoms. The molecule has 0 aliphatic rings. The van der Waals surface area contributed by atoms with Gasteiger partial charge >= 0.3 is 0 Å². The number of aromatic nitrogens is 5. The fraction of sp³-hybridized carbons (Fsp3) is 0. The van der Waals surface area contributed by atoms with Crippen LogP contribution in [0, 0.1) is 0 Å². The van der Waals surface area contributed by atoms with Gasteiger partial charge in [-0.3, -0.25) is 0 Å². The van der Waals surface area contributed by atoms with Gasteiger partial charge in [-0.1, -0.05) is 115 Å². The van der Waals surface area contributed by atoms with E-state index in [0.29, 0.717) is 5.82 Å². The highest BCUT2D eigenvalue weighted by molar-refractivity contribution is 6.18. The van der Waals surface area contributed by atoms with Gasteiger partial charge < -0.3 is 0 Å². The van der Waals surface area contributed by atoms with E-state index >= 15 is 0 Å². The lowest BCUT2D eigenvalue weighted by atomic mass is 9.98. The lowest BCUT2D eigenvalue weighted by molar-refractivity contribution is 0.766. The zero-order chi connectivity index (χ0) is 29.7. The highest BCUT2D eigenvalue weighted by Crippen LogP contribution is 2.35. The third-order valence-electron chi connectivity index (χ3n) is 8.44. The van der Waals surface area contributed by atoms with Gasteiger partial charge in [0.05, 0.1) is 17.1 Å². The molecule has 9 rings (SSSR count). The summed E-state index contributed by atoms with van der Waals surface area (Å²) in [6.07, 6.45) is 0. The Kier molecular flexibility index (Phi) is 5.74. The number of para-hydroxylation sites is 1. The van der Waals surface area contributed by atoms with Gasteiger partial charge in [0.1, 0.15) is 11.0 Å². The van der Waals surface area contributed by atoms with Crippen molar-refractivity contribution < 1.29 is 0 Å². The summed E-state index contributed by atoms with van der Waals surface area (Å²) in [7, 11) is 0. The average Bonchev–Trinajstić information content (AvgIpc) is 3.56. The Hall–Kier alpha value is -6.20. The molecular weight excluding hydrogens is 550 g/mol. The fourth-order valence-corrected chi connectivity index (χ4v) is 6.16. The average molecular weight is 576 g/mol. The molecule has 0 fully saturated rings. The molecule has 0 bridgehead atoms. The minimum Gasteiger partial charge on any atom is -0.228 e. The van der Waals surface area contributed by atoms with Gasteiger partial charge in [0.25, 0.3) is 0 Å². The van der Waals surface area contributed by atoms with Crippen molar-refractivity contribution in [2.75, 3.05) is 0 Å². The van der Waals surface area contributed by atoms with Gasteiger partial charge in [-0.2, -0.15) is 4.80 Å². The van der Waals surface area contributed by atoms with E-state index in [1.165, 1.54) is 10.8 Å². The molecule has 2 aromatic heterocycles. The number of fused-ring (bicyclic) bond motifs is 6. The first-order valence-corrected chi connectivity index (χ1v) is 15.0. The van der Waals surface area contributed by atoms with Crippen LogP contribution in [0.15, 0.2) is 152 Å². The number of benzene rings is 7. The van der Waals surface area contributed by atoms with Gasteiger partial charge in [0.15, 0.2) is 5.82 Å². The monoisotopic (exact) mass is 575 g/mol. The number of nitrogens with zero attached hydrogens (tertiary/aromatic N) is 5. The van der Waals surface area contributed by atoms with Crippen LogP contribution in [0.25, 0.3) is 82.9 Å². The maximum atomic E-state index is 5.16. The van der Waals surface area contributed by atoms with Crippen molar-refractivity contribution in [2.24, 2.45) is 0 Å². The minimum absolute atomic E-state index is 0.679. The molecule has 9 aromatic rings. The molecule has 0 aliphatic heterocycles. The summed E-state index contributed by atoms with van der Waals surface area (Å²) in [5, 5.41) is 16.6. The Balaban J connectivity index is 1.26. The lowest BCUT2D eigenvalue weighted by Crippen LogP contribution is -1.97. The molecule has 0 radical (unpaired) electrons. The maximum absolute atomic E-state index is 5.16. The van der Waals surface area contributed by atoms with Crippen molar-refractivity contribution in [1.29, 1.82) is 0 Å². The third-order valence-corrected chi connectivity index (χ3v) is 8.44. The molecular formula is C40H25N5. The van der Waals surface area contributed by atoms with E-state index in [1.54, 1.807) is 4.80 Å². The van der Waals surface area contributed by atoms with E-state index in [4.69, 9.17) is 20.2 Å². The SMILES string of the molecule is c1ccc(-c2cc(-c3ccc4ccccc4c3)nc(-c3ccc4ccc5ccc6nn(-c7ccccc7)nc6c5c4c3)n2)cc1. The van der Waals surface area contributed by atoms with Crippen LogP contribution in [0.3, 0.4) is 0 Å². The molecule has 2 heterocycles. The van der Waals surface area contributed by atoms with E-state index in [2.05, 4.69) is 97.1 Å². The summed E-state index contributed by atoms with van der Waals surface area (Å²) in [5.41, 5.74) is 7.47. The summed E-state index contributed by atoms with van der Waals surface area (Å²) in [5.74, 6) is 0.679. The van der Waals surface area contributed by atoms with Crippen molar-refractivity contribution in [3.8, 4) is 39.6 Å². The van der Waals surface area contributed by atoms with E-state index in [0.717, 1.165) is 66.3 Å². The maximum Gasteiger partial charge on any atom is 0.160 e. The standard InChI is InChI=1S/C40H25N5/c1-3-10-28(11-4-1)36-25-37(31-19-15-26-9-7-8-12-30(26)23-31)42-40(41-36)32-20-17-27-16-18-29-21-22-35-39(38(29)34(27)24-32)44-45(43-35)33-13-5-2-6-14-33/h1-25H. The molecule has 45 heavy (non-hydrogen) atoms. The Morgan fingerprint density at radius 2 is 1.07 bits per heavy atom. The molecule has 0 N–H and O–H groups in total. The molecule has 0 atom stereocenters. The van der Waals surface area contributed by atoms with Crippen LogP contribution in [-0.2, 0) is 0 Å². The first kappa shape index (κ1) is 25.3. The minimum atomic E-state index is 0.679. The second-order valence-corrected chi connectivity index (χ2v) is 11.2. The second-order valence-electron chi connectivity index (χ2n) is 11.2. The quantitative estimate of drug-likeness (QED) is 0.196. The second kappa shape index (κ2) is 10.2. The molecule has 5 nitrogen and oxygen atoms in total. The van der Waals surface area contributed by atoms with Gasteiger partial charge in [0.2, 0.25) is 0 Å². The molecule has 0 saturated carbocycles. The van der Waals surface area contributed by atoms with Crippen LogP contribution in [0.4, 0.5) is 0 Å². The molecule has 5 heteroatoms. The van der Waals surface area contributed by atoms with Crippen molar-refractivity contribution >= 4 is 43.4 Å². The summed E-state index contributed by atoms with van der Waals surface area (Å²) in [4.78, 5) is 12.0. The predicted octanol–water partition coefficient (Wildman–Crippen LogP) is 9.67. The van der Waals surface area contributed by atoms with Gasteiger partial charge in [-0.15, -0.1) is 10.2 Å².